The zero-order valence-corrected chi connectivity index (χ0v) is 16.0. The summed E-state index contributed by atoms with van der Waals surface area (Å²) in [5, 5.41) is 12.8. The van der Waals surface area contributed by atoms with E-state index in [9.17, 15) is 4.79 Å². The molecule has 136 valence electrons. The second kappa shape index (κ2) is 7.64. The smallest absolute Gasteiger partial charge is 0.277 e. The minimum atomic E-state index is -0.254. The van der Waals surface area contributed by atoms with Gasteiger partial charge in [0, 0.05) is 17.1 Å². The number of rotatable bonds is 5. The van der Waals surface area contributed by atoms with E-state index in [0.717, 1.165) is 28.2 Å². The van der Waals surface area contributed by atoms with Crippen LogP contribution in [0.5, 0.6) is 0 Å². The van der Waals surface area contributed by atoms with E-state index in [1.807, 2.05) is 30.5 Å². The van der Waals surface area contributed by atoms with Crippen molar-refractivity contribution in [2.75, 3.05) is 11.1 Å². The predicted octanol–water partition coefficient (Wildman–Crippen LogP) is 5.26. The maximum atomic E-state index is 12.1. The van der Waals surface area contributed by atoms with Crippen molar-refractivity contribution in [1.29, 1.82) is 0 Å². The molecule has 0 unspecified atom stereocenters. The Hall–Kier alpha value is -2.48. The van der Waals surface area contributed by atoms with Crippen molar-refractivity contribution in [2.24, 2.45) is 0 Å². The molecule has 9 heteroatoms. The first-order chi connectivity index (χ1) is 13.1. The molecule has 0 aliphatic heterocycles. The summed E-state index contributed by atoms with van der Waals surface area (Å²) >= 11 is 13.1. The van der Waals surface area contributed by atoms with Crippen molar-refractivity contribution in [1.82, 2.24) is 15.2 Å². The fourth-order valence-corrected chi connectivity index (χ4v) is 3.45. The van der Waals surface area contributed by atoms with Crippen LogP contribution in [0.2, 0.25) is 10.0 Å². The molecule has 4 rings (SSSR count). The van der Waals surface area contributed by atoms with Crippen molar-refractivity contribution < 1.29 is 9.21 Å². The highest BCUT2D eigenvalue weighted by Crippen LogP contribution is 2.31. The monoisotopic (exact) mass is 418 g/mol. The quantitative estimate of drug-likeness (QED) is 0.432. The van der Waals surface area contributed by atoms with E-state index < -0.39 is 0 Å². The van der Waals surface area contributed by atoms with Crippen molar-refractivity contribution in [2.45, 2.75) is 5.22 Å². The molecule has 27 heavy (non-hydrogen) atoms. The third-order valence-electron chi connectivity index (χ3n) is 3.78. The van der Waals surface area contributed by atoms with Crippen molar-refractivity contribution >= 4 is 57.5 Å². The van der Waals surface area contributed by atoms with Gasteiger partial charge in [0.05, 0.1) is 27.0 Å². The third-order valence-corrected chi connectivity index (χ3v) is 5.42. The number of aromatic nitrogens is 3. The average molecular weight is 419 g/mol. The number of nitrogens with zero attached hydrogens (tertiary/aromatic N) is 2. The molecule has 0 saturated heterocycles. The molecule has 2 N–H and O–H groups in total. The van der Waals surface area contributed by atoms with E-state index in [4.69, 9.17) is 27.6 Å². The van der Waals surface area contributed by atoms with Gasteiger partial charge in [0.2, 0.25) is 5.91 Å². The first-order valence-electron chi connectivity index (χ1n) is 7.88. The van der Waals surface area contributed by atoms with Gasteiger partial charge in [0.25, 0.3) is 11.1 Å². The molecule has 0 saturated carbocycles. The Balaban J connectivity index is 1.42. The number of nitrogens with one attached hydrogen (secondary N) is 2. The number of carbonyl (C=O) groups is 1. The number of carbonyl (C=O) groups excluding carboxylic acids is 1. The van der Waals surface area contributed by atoms with Gasteiger partial charge in [-0.2, -0.15) is 0 Å². The number of aromatic amines is 1. The Morgan fingerprint density at radius 1 is 1.15 bits per heavy atom. The van der Waals surface area contributed by atoms with E-state index in [2.05, 4.69) is 20.5 Å². The fourth-order valence-electron chi connectivity index (χ4n) is 2.54. The molecule has 0 spiro atoms. The lowest BCUT2D eigenvalue weighted by Crippen LogP contribution is -2.14. The Morgan fingerprint density at radius 2 is 2.00 bits per heavy atom. The maximum Gasteiger partial charge on any atom is 0.277 e. The first-order valence-corrected chi connectivity index (χ1v) is 9.62. The van der Waals surface area contributed by atoms with Gasteiger partial charge in [-0.15, -0.1) is 10.2 Å². The van der Waals surface area contributed by atoms with Gasteiger partial charge in [-0.05, 0) is 18.2 Å². The number of benzene rings is 2. The summed E-state index contributed by atoms with van der Waals surface area (Å²) in [4.78, 5) is 15.3. The molecule has 1 amide bonds. The van der Waals surface area contributed by atoms with Gasteiger partial charge in [0.1, 0.15) is 0 Å². The summed E-state index contributed by atoms with van der Waals surface area (Å²) in [5.41, 5.74) is 2.26. The number of fused-ring (bicyclic) bond motifs is 1. The molecule has 0 bridgehead atoms. The van der Waals surface area contributed by atoms with Crippen molar-refractivity contribution in [3.05, 3.63) is 58.7 Å². The van der Waals surface area contributed by atoms with Crippen molar-refractivity contribution in [3.8, 4) is 11.5 Å². The van der Waals surface area contributed by atoms with E-state index in [-0.39, 0.29) is 11.7 Å². The Bertz CT molecular complexity index is 1130. The van der Waals surface area contributed by atoms with Gasteiger partial charge >= 0.3 is 0 Å². The topological polar surface area (TPSA) is 83.8 Å². The Kier molecular flexibility index (Phi) is 5.07. The first kappa shape index (κ1) is 17.9. The summed E-state index contributed by atoms with van der Waals surface area (Å²) in [6, 6.07) is 12.9. The fraction of sp³-hybridized carbons (Fsp3) is 0.0556. The van der Waals surface area contributed by atoms with Gasteiger partial charge < -0.3 is 14.7 Å². The summed E-state index contributed by atoms with van der Waals surface area (Å²) in [7, 11) is 0. The molecule has 2 heterocycles. The molecule has 0 aliphatic carbocycles. The van der Waals surface area contributed by atoms with E-state index in [1.54, 1.807) is 18.2 Å². The number of H-pyrrole nitrogens is 1. The number of halogens is 2. The molecule has 0 radical (unpaired) electrons. The molecule has 6 nitrogen and oxygen atoms in total. The third kappa shape index (κ3) is 3.80. The summed E-state index contributed by atoms with van der Waals surface area (Å²) in [5.74, 6) is 0.238. The van der Waals surface area contributed by atoms with Crippen LogP contribution in [0, 0.1) is 0 Å². The average Bonchev–Trinajstić information content (AvgIpc) is 3.30. The zero-order chi connectivity index (χ0) is 18.8. The van der Waals surface area contributed by atoms with Gasteiger partial charge in [-0.1, -0.05) is 59.2 Å². The Morgan fingerprint density at radius 3 is 2.89 bits per heavy atom. The Labute approximate surface area is 168 Å². The molecule has 2 aromatic carbocycles. The summed E-state index contributed by atoms with van der Waals surface area (Å²) < 4.78 is 5.67. The highest BCUT2D eigenvalue weighted by Gasteiger charge is 2.15. The zero-order valence-electron chi connectivity index (χ0n) is 13.7. The van der Waals surface area contributed by atoms with Crippen LogP contribution < -0.4 is 5.32 Å². The number of thioether (sulfide) groups is 1. The highest BCUT2D eigenvalue weighted by atomic mass is 35.5. The van der Waals surface area contributed by atoms with Crippen LogP contribution in [0.3, 0.4) is 0 Å². The summed E-state index contributed by atoms with van der Waals surface area (Å²) in [6.45, 7) is 0. The SMILES string of the molecule is O=C(CSc1nnc(-c2c[nH]c3ccccc23)o1)Nc1cccc(Cl)c1Cl. The largest absolute Gasteiger partial charge is 0.411 e. The van der Waals surface area contributed by atoms with Crippen LogP contribution in [0.25, 0.3) is 22.4 Å². The molecule has 4 aromatic rings. The number of hydrogen-bond donors (Lipinski definition) is 2. The number of hydrogen-bond acceptors (Lipinski definition) is 5. The second-order valence-electron chi connectivity index (χ2n) is 5.56. The lowest BCUT2D eigenvalue weighted by Gasteiger charge is -2.07. The van der Waals surface area contributed by atoms with Crippen LogP contribution in [-0.4, -0.2) is 26.8 Å². The number of anilines is 1. The molecule has 2 aromatic heterocycles. The van der Waals surface area contributed by atoms with E-state index in [1.165, 1.54) is 0 Å². The lowest BCUT2D eigenvalue weighted by molar-refractivity contribution is -0.113. The highest BCUT2D eigenvalue weighted by molar-refractivity contribution is 7.99. The number of para-hydroxylation sites is 1. The molecule has 0 fully saturated rings. The molecule has 0 aliphatic rings. The minimum Gasteiger partial charge on any atom is -0.411 e. The number of amides is 1. The van der Waals surface area contributed by atoms with Gasteiger partial charge in [-0.3, -0.25) is 4.79 Å². The molecular weight excluding hydrogens is 407 g/mol. The molecule has 0 atom stereocenters. The minimum absolute atomic E-state index is 0.0956. The van der Waals surface area contributed by atoms with Gasteiger partial charge in [0.15, 0.2) is 0 Å². The predicted molar refractivity (Wildman–Crippen MR) is 107 cm³/mol. The normalized spacial score (nSPS) is 11.0. The second-order valence-corrected chi connectivity index (χ2v) is 7.27. The van der Waals surface area contributed by atoms with E-state index in [0.29, 0.717) is 26.8 Å². The van der Waals surface area contributed by atoms with Crippen LogP contribution >= 0.6 is 35.0 Å². The molecular formula is C18H12Cl2N4O2S. The van der Waals surface area contributed by atoms with Crippen LogP contribution in [-0.2, 0) is 4.79 Å². The van der Waals surface area contributed by atoms with Crippen LogP contribution in [0.15, 0.2) is 58.3 Å². The van der Waals surface area contributed by atoms with Crippen molar-refractivity contribution in [3.63, 3.8) is 0 Å². The maximum absolute atomic E-state index is 12.1. The van der Waals surface area contributed by atoms with Crippen LogP contribution in [0.4, 0.5) is 5.69 Å². The van der Waals surface area contributed by atoms with E-state index >= 15 is 0 Å². The van der Waals surface area contributed by atoms with Crippen LogP contribution in [0.1, 0.15) is 0 Å². The standard InChI is InChI=1S/C18H12Cl2N4O2S/c19-12-5-3-7-14(16(12)20)22-15(25)9-27-18-24-23-17(26-18)11-8-21-13-6-2-1-4-10(11)13/h1-8,21H,9H2,(H,22,25). The lowest BCUT2D eigenvalue weighted by atomic mass is 10.2. The van der Waals surface area contributed by atoms with Gasteiger partial charge in [-0.25, -0.2) is 0 Å². The summed E-state index contributed by atoms with van der Waals surface area (Å²) in [6.07, 6.45) is 1.82.